The molecule has 0 aromatic heterocycles. The molecule has 37 heavy (non-hydrogen) atoms. The predicted octanol–water partition coefficient (Wildman–Crippen LogP) is 3.80. The van der Waals surface area contributed by atoms with Gasteiger partial charge in [-0.25, -0.2) is 4.39 Å². The first-order valence-corrected chi connectivity index (χ1v) is 14.0. The van der Waals surface area contributed by atoms with Crippen LogP contribution in [0.15, 0.2) is 60.7 Å². The Labute approximate surface area is 217 Å². The number of hydrogen-bond acceptors (Lipinski definition) is 7. The van der Waals surface area contributed by atoms with Crippen molar-refractivity contribution in [1.29, 1.82) is 0 Å². The van der Waals surface area contributed by atoms with Crippen LogP contribution in [0, 0.1) is 5.82 Å². The van der Waals surface area contributed by atoms with Crippen LogP contribution in [0.3, 0.4) is 0 Å². The molecule has 0 amide bonds. The van der Waals surface area contributed by atoms with E-state index in [-0.39, 0.29) is 24.6 Å². The number of carboxylic acids is 1. The highest BCUT2D eigenvalue weighted by atomic mass is 32.2. The standard InChI is InChI=1S/C28H31FN2O5S/c1-19-7-9-22-5-3-4-6-26(22)31(19)18-23-10-8-20(15-27(23)36-37(2,34)35)17-30-24-13-11-21(25(29)16-24)12-14-28(32)33/h3-6,8,10-11,13,15-16,19,30H,7,9,12,14,17-18H2,1-2H3,(H,32,33)/p-1. The number of para-hydroxylation sites is 1. The van der Waals surface area contributed by atoms with Crippen molar-refractivity contribution < 1.29 is 26.9 Å². The molecule has 1 aliphatic rings. The summed E-state index contributed by atoms with van der Waals surface area (Å²) in [6.45, 7) is 2.96. The molecule has 1 unspecified atom stereocenters. The molecule has 3 aromatic carbocycles. The molecule has 0 radical (unpaired) electrons. The van der Waals surface area contributed by atoms with Crippen LogP contribution in [0.4, 0.5) is 15.8 Å². The number of carbonyl (C=O) groups excluding carboxylic acids is 1. The Kier molecular flexibility index (Phi) is 8.02. The topological polar surface area (TPSA) is 98.8 Å². The second kappa shape index (κ2) is 11.2. The Hall–Kier alpha value is -3.59. The van der Waals surface area contributed by atoms with Crippen molar-refractivity contribution >= 4 is 27.5 Å². The first kappa shape index (κ1) is 26.5. The monoisotopic (exact) mass is 525 g/mol. The van der Waals surface area contributed by atoms with Crippen molar-refractivity contribution in [3.63, 3.8) is 0 Å². The molecule has 3 aromatic rings. The average Bonchev–Trinajstić information content (AvgIpc) is 2.84. The second-order valence-electron chi connectivity index (χ2n) is 9.41. The summed E-state index contributed by atoms with van der Waals surface area (Å²) in [6, 6.07) is 18.5. The van der Waals surface area contributed by atoms with Crippen LogP contribution >= 0.6 is 0 Å². The zero-order valence-corrected chi connectivity index (χ0v) is 21.7. The molecule has 0 fully saturated rings. The highest BCUT2D eigenvalue weighted by Gasteiger charge is 2.24. The number of carboxylic acid groups (broad SMARTS) is 1. The summed E-state index contributed by atoms with van der Waals surface area (Å²) >= 11 is 0. The Balaban J connectivity index is 1.53. The Morgan fingerprint density at radius 3 is 2.62 bits per heavy atom. The Morgan fingerprint density at radius 2 is 1.89 bits per heavy atom. The molecule has 7 nitrogen and oxygen atoms in total. The van der Waals surface area contributed by atoms with E-state index >= 15 is 0 Å². The lowest BCUT2D eigenvalue weighted by Gasteiger charge is -2.37. The molecular formula is C28H30FN2O5S-. The fraction of sp³-hybridized carbons (Fsp3) is 0.321. The molecule has 0 spiro atoms. The quantitative estimate of drug-likeness (QED) is 0.402. The van der Waals surface area contributed by atoms with Crippen molar-refractivity contribution in [1.82, 2.24) is 0 Å². The van der Waals surface area contributed by atoms with Crippen molar-refractivity contribution in [2.75, 3.05) is 16.5 Å². The van der Waals surface area contributed by atoms with Gasteiger partial charge in [-0.3, -0.25) is 0 Å². The minimum atomic E-state index is -3.76. The molecule has 0 saturated carbocycles. The van der Waals surface area contributed by atoms with Gasteiger partial charge in [-0.1, -0.05) is 36.4 Å². The number of nitrogens with zero attached hydrogens (tertiary/aromatic N) is 1. The van der Waals surface area contributed by atoms with Crippen LogP contribution in [0.2, 0.25) is 0 Å². The maximum absolute atomic E-state index is 14.3. The van der Waals surface area contributed by atoms with E-state index in [4.69, 9.17) is 4.18 Å². The van der Waals surface area contributed by atoms with Gasteiger partial charge in [0.1, 0.15) is 11.6 Å². The largest absolute Gasteiger partial charge is 0.550 e. The predicted molar refractivity (Wildman–Crippen MR) is 139 cm³/mol. The lowest BCUT2D eigenvalue weighted by Crippen LogP contribution is -2.36. The van der Waals surface area contributed by atoms with E-state index in [1.165, 1.54) is 11.6 Å². The third-order valence-corrected chi connectivity index (χ3v) is 7.01. The number of aryl methyl sites for hydroxylation is 2. The van der Waals surface area contributed by atoms with Gasteiger partial charge in [-0.2, -0.15) is 8.42 Å². The smallest absolute Gasteiger partial charge is 0.306 e. The maximum atomic E-state index is 14.3. The third-order valence-electron chi connectivity index (χ3n) is 6.53. The summed E-state index contributed by atoms with van der Waals surface area (Å²) in [6.07, 6.45) is 2.84. The van der Waals surface area contributed by atoms with Crippen LogP contribution in [0.25, 0.3) is 0 Å². The van der Waals surface area contributed by atoms with Gasteiger partial charge in [0.05, 0.1) is 6.26 Å². The second-order valence-corrected chi connectivity index (χ2v) is 11.0. The Bertz CT molecular complexity index is 1390. The summed E-state index contributed by atoms with van der Waals surface area (Å²) in [5, 5.41) is 13.8. The van der Waals surface area contributed by atoms with E-state index in [0.717, 1.165) is 35.9 Å². The zero-order chi connectivity index (χ0) is 26.6. The highest BCUT2D eigenvalue weighted by molar-refractivity contribution is 7.86. The average molecular weight is 526 g/mol. The number of benzene rings is 3. The fourth-order valence-corrected chi connectivity index (χ4v) is 5.05. The van der Waals surface area contributed by atoms with E-state index < -0.39 is 21.9 Å². The minimum absolute atomic E-state index is 0.0577. The number of aliphatic carboxylic acids is 1. The van der Waals surface area contributed by atoms with Crippen molar-refractivity contribution in [3.05, 3.63) is 88.7 Å². The molecule has 1 heterocycles. The van der Waals surface area contributed by atoms with Crippen molar-refractivity contribution in [2.45, 2.75) is 51.7 Å². The van der Waals surface area contributed by atoms with Gasteiger partial charge in [0.15, 0.2) is 0 Å². The van der Waals surface area contributed by atoms with Crippen LogP contribution < -0.4 is 19.5 Å². The lowest BCUT2D eigenvalue weighted by atomic mass is 9.96. The van der Waals surface area contributed by atoms with E-state index in [9.17, 15) is 22.7 Å². The van der Waals surface area contributed by atoms with Gasteiger partial charge in [-0.05, 0) is 73.6 Å². The normalized spacial score (nSPS) is 15.2. The number of carbonyl (C=O) groups is 1. The van der Waals surface area contributed by atoms with Crippen LogP contribution in [-0.4, -0.2) is 26.7 Å². The van der Waals surface area contributed by atoms with E-state index in [0.29, 0.717) is 24.3 Å². The molecular weight excluding hydrogens is 495 g/mol. The van der Waals surface area contributed by atoms with Crippen LogP contribution in [-0.2, 0) is 40.8 Å². The molecule has 0 aliphatic carbocycles. The molecule has 4 rings (SSSR count). The minimum Gasteiger partial charge on any atom is -0.550 e. The van der Waals surface area contributed by atoms with E-state index in [2.05, 4.69) is 29.3 Å². The summed E-state index contributed by atoms with van der Waals surface area (Å²) in [5.41, 5.74) is 4.74. The van der Waals surface area contributed by atoms with E-state index in [1.54, 1.807) is 18.2 Å². The van der Waals surface area contributed by atoms with Gasteiger partial charge in [0.25, 0.3) is 0 Å². The number of halogens is 1. The van der Waals surface area contributed by atoms with Gasteiger partial charge in [-0.15, -0.1) is 0 Å². The SMILES string of the molecule is CC1CCc2ccccc2N1Cc1ccc(CNc2ccc(CCC(=O)[O-])c(F)c2)cc1OS(C)(=O)=O. The highest BCUT2D eigenvalue weighted by Crippen LogP contribution is 2.34. The lowest BCUT2D eigenvalue weighted by molar-refractivity contribution is -0.305. The van der Waals surface area contributed by atoms with Gasteiger partial charge in [0.2, 0.25) is 0 Å². The molecule has 1 aliphatic heterocycles. The number of anilines is 2. The molecule has 0 bridgehead atoms. The molecule has 0 saturated heterocycles. The van der Waals surface area contributed by atoms with Gasteiger partial charge in [0, 0.05) is 42.0 Å². The number of fused-ring (bicyclic) bond motifs is 1. The van der Waals surface area contributed by atoms with Crippen molar-refractivity contribution in [2.24, 2.45) is 0 Å². The first-order valence-electron chi connectivity index (χ1n) is 12.2. The summed E-state index contributed by atoms with van der Waals surface area (Å²) < 4.78 is 43.8. The van der Waals surface area contributed by atoms with Crippen molar-refractivity contribution in [3.8, 4) is 5.75 Å². The number of hydrogen-bond donors (Lipinski definition) is 1. The third kappa shape index (κ3) is 7.01. The number of nitrogens with one attached hydrogen (secondary N) is 1. The first-order chi connectivity index (χ1) is 17.6. The molecule has 196 valence electrons. The van der Waals surface area contributed by atoms with E-state index in [1.807, 2.05) is 24.3 Å². The summed E-state index contributed by atoms with van der Waals surface area (Å²) in [5.74, 6) is -1.46. The van der Waals surface area contributed by atoms with Crippen LogP contribution in [0.5, 0.6) is 5.75 Å². The maximum Gasteiger partial charge on any atom is 0.306 e. The number of rotatable bonds is 10. The molecule has 9 heteroatoms. The molecule has 1 atom stereocenters. The van der Waals surface area contributed by atoms with Gasteiger partial charge >= 0.3 is 10.1 Å². The summed E-state index contributed by atoms with van der Waals surface area (Å²) in [7, 11) is -3.76. The summed E-state index contributed by atoms with van der Waals surface area (Å²) in [4.78, 5) is 12.9. The van der Waals surface area contributed by atoms with Crippen LogP contribution in [0.1, 0.15) is 42.0 Å². The van der Waals surface area contributed by atoms with Gasteiger partial charge < -0.3 is 24.3 Å². The Morgan fingerprint density at radius 1 is 1.14 bits per heavy atom. The fourth-order valence-electron chi connectivity index (χ4n) is 4.57. The zero-order valence-electron chi connectivity index (χ0n) is 20.9. The molecule has 1 N–H and O–H groups in total.